The normalized spacial score (nSPS) is 18.7. The van der Waals surface area contributed by atoms with E-state index in [0.29, 0.717) is 108 Å². The number of halogens is 4. The molecule has 2 fully saturated rings. The second-order valence-electron chi connectivity index (χ2n) is 15.6. The van der Waals surface area contributed by atoms with Crippen molar-refractivity contribution in [3.05, 3.63) is 103 Å². The van der Waals surface area contributed by atoms with Gasteiger partial charge in [0.2, 0.25) is 11.8 Å². The van der Waals surface area contributed by atoms with Crippen LogP contribution in [0.1, 0.15) is 47.9 Å². The number of rotatable bonds is 10. The zero-order valence-electron chi connectivity index (χ0n) is 33.5. The minimum Gasteiger partial charge on any atom is -0.481 e. The summed E-state index contributed by atoms with van der Waals surface area (Å²) in [6.07, 6.45) is 9.34. The number of benzene rings is 4. The van der Waals surface area contributed by atoms with Gasteiger partial charge in [0.25, 0.3) is 0 Å². The van der Waals surface area contributed by atoms with Crippen molar-refractivity contribution in [1.29, 1.82) is 0 Å². The highest BCUT2D eigenvalue weighted by molar-refractivity contribution is 7.99. The summed E-state index contributed by atoms with van der Waals surface area (Å²) in [5.41, 5.74) is 5.56. The van der Waals surface area contributed by atoms with Crippen molar-refractivity contribution in [2.75, 3.05) is 39.4 Å². The molecule has 4 heterocycles. The monoisotopic (exact) mass is 952 g/mol. The number of carbonyl (C=O) groups excluding carboxylic acids is 2. The largest absolute Gasteiger partial charge is 0.481 e. The quantitative estimate of drug-likeness (QED) is 0.115. The van der Waals surface area contributed by atoms with Crippen molar-refractivity contribution in [3.8, 4) is 33.8 Å². The number of fused-ring (bicyclic) bond motifs is 2. The van der Waals surface area contributed by atoms with Crippen molar-refractivity contribution in [3.63, 3.8) is 0 Å². The minimum atomic E-state index is -0.935. The van der Waals surface area contributed by atoms with Gasteiger partial charge in [-0.3, -0.25) is 19.2 Å². The first-order valence-electron chi connectivity index (χ1n) is 20.3. The van der Waals surface area contributed by atoms with Crippen molar-refractivity contribution in [2.45, 2.75) is 48.3 Å². The molecule has 4 aromatic carbocycles. The predicted octanol–water partition coefficient (Wildman–Crippen LogP) is 10.2. The summed E-state index contributed by atoms with van der Waals surface area (Å²) >= 11 is 29.7. The van der Waals surface area contributed by atoms with E-state index in [1.54, 1.807) is 24.3 Å². The molecule has 63 heavy (non-hydrogen) atoms. The maximum atomic E-state index is 13.5. The van der Waals surface area contributed by atoms with Crippen LogP contribution >= 0.6 is 58.2 Å². The van der Waals surface area contributed by atoms with Crippen molar-refractivity contribution in [2.24, 2.45) is 11.8 Å². The fraction of sp³-hybridized carbons (Fsp3) is 0.304. The number of aliphatic carboxylic acids is 2. The molecule has 4 aromatic rings. The molecule has 2 saturated heterocycles. The van der Waals surface area contributed by atoms with E-state index in [1.165, 1.54) is 33.7 Å². The van der Waals surface area contributed by atoms with E-state index < -0.39 is 23.8 Å². The lowest BCUT2D eigenvalue weighted by Gasteiger charge is -2.29. The third kappa shape index (κ3) is 9.85. The van der Waals surface area contributed by atoms with Crippen LogP contribution in [0.2, 0.25) is 20.1 Å². The first-order valence-corrected chi connectivity index (χ1v) is 22.7. The number of carbonyl (C=O) groups is 4. The number of piperidine rings is 2. The molecular formula is C46H40Cl4N2O10S. The van der Waals surface area contributed by atoms with Crippen molar-refractivity contribution < 1.29 is 48.9 Å². The molecule has 0 saturated carbocycles. The number of nitrogens with zero attached hydrogens (tertiary/aromatic N) is 2. The minimum absolute atomic E-state index is 0.109. The molecule has 12 nitrogen and oxygen atoms in total. The summed E-state index contributed by atoms with van der Waals surface area (Å²) < 4.78 is 0. The number of carboxylic acids is 2. The second-order valence-corrected chi connectivity index (χ2v) is 18.2. The Hall–Kier alpha value is -4.73. The average molecular weight is 955 g/mol. The van der Waals surface area contributed by atoms with Crippen LogP contribution in [0.3, 0.4) is 0 Å². The summed E-state index contributed by atoms with van der Waals surface area (Å²) in [5.74, 6) is -2.68. The molecule has 0 radical (unpaired) electrons. The smallest absolute Gasteiger partial charge is 0.308 e. The standard InChI is InChI=1S/C46H40Cl4N2O10S/c47-41-31(7-11-39(53)51-15-1-3-29(23-51)45(55)56)33(25-5-9-35-27(19-25)13-17-59-61-35)21-37(43(41)49)63-38-22-34(26-6-10-36-28(20-26)14-18-60-62-36)32(42(48)44(38)50)8-12-40(54)52-16-2-4-30(24-52)46(57)58/h5-12,19-22,29-30H,1-4,13-18,23-24H2,(H,55,56)(H,57,58)/b11-7+,12-8+. The SMILES string of the molecule is O=C(O)C1CCCN(C(=O)/C=C/c2c(-c3ccc4c(c3)CCOO4)cc(Sc3cc(-c4ccc5c(c4)CCOO5)c(/C=C/C(=O)N4CCCC(C(=O)O)C4)c(Cl)c3Cl)c(Cl)c2Cl)C1. The van der Waals surface area contributed by atoms with Crippen LogP contribution in [-0.2, 0) is 41.8 Å². The van der Waals surface area contributed by atoms with E-state index in [2.05, 4.69) is 0 Å². The predicted molar refractivity (Wildman–Crippen MR) is 240 cm³/mol. The molecule has 0 aliphatic carbocycles. The van der Waals surface area contributed by atoms with Crippen molar-refractivity contribution in [1.82, 2.24) is 9.80 Å². The summed E-state index contributed by atoms with van der Waals surface area (Å²) in [6.45, 7) is 1.82. The molecule has 2 atom stereocenters. The van der Waals surface area contributed by atoms with Crippen LogP contribution < -0.4 is 9.78 Å². The van der Waals surface area contributed by atoms with Gasteiger partial charge in [0.05, 0.1) is 45.1 Å². The van der Waals surface area contributed by atoms with E-state index in [9.17, 15) is 29.4 Å². The number of amides is 2. The number of carboxylic acid groups (broad SMARTS) is 2. The van der Waals surface area contributed by atoms with Gasteiger partial charge in [-0.25, -0.2) is 0 Å². The molecule has 8 rings (SSSR count). The molecule has 2 amide bonds. The van der Waals surface area contributed by atoms with Gasteiger partial charge in [-0.05, 0) is 96.5 Å². The van der Waals surface area contributed by atoms with Gasteiger partial charge in [0, 0.05) is 83.2 Å². The lowest BCUT2D eigenvalue weighted by molar-refractivity contribution is -0.215. The number of hydrogen-bond donors (Lipinski definition) is 2. The van der Waals surface area contributed by atoms with Gasteiger partial charge in [-0.1, -0.05) is 70.3 Å². The molecule has 0 spiro atoms. The Labute approximate surface area is 387 Å². The van der Waals surface area contributed by atoms with E-state index in [-0.39, 0.29) is 45.0 Å². The Morgan fingerprint density at radius 1 is 0.619 bits per heavy atom. The third-order valence-corrected chi connectivity index (χ3v) is 14.6. The van der Waals surface area contributed by atoms with Gasteiger partial charge >= 0.3 is 11.9 Å². The topological polar surface area (TPSA) is 152 Å². The van der Waals surface area contributed by atoms with E-state index >= 15 is 0 Å². The zero-order valence-corrected chi connectivity index (χ0v) is 37.4. The second kappa shape index (κ2) is 19.6. The Morgan fingerprint density at radius 2 is 1.05 bits per heavy atom. The first kappa shape index (κ1) is 44.9. The van der Waals surface area contributed by atoms with Crippen LogP contribution in [-0.4, -0.2) is 83.2 Å². The van der Waals surface area contributed by atoms with Crippen LogP contribution in [0.5, 0.6) is 11.5 Å². The Morgan fingerprint density at radius 3 is 1.46 bits per heavy atom. The summed E-state index contributed by atoms with van der Waals surface area (Å²) in [6, 6.07) is 14.9. The molecule has 17 heteroatoms. The molecule has 4 aliphatic rings. The van der Waals surface area contributed by atoms with Crippen LogP contribution in [0.15, 0.2) is 70.5 Å². The summed E-state index contributed by atoms with van der Waals surface area (Å²) in [7, 11) is 0. The van der Waals surface area contributed by atoms with Crippen LogP contribution in [0.4, 0.5) is 0 Å². The number of hydrogen-bond acceptors (Lipinski definition) is 9. The molecule has 2 unspecified atom stereocenters. The fourth-order valence-corrected chi connectivity index (χ4v) is 10.3. The Kier molecular flexibility index (Phi) is 13.9. The number of likely N-dealkylation sites (tertiary alicyclic amines) is 2. The van der Waals surface area contributed by atoms with Gasteiger partial charge in [0.15, 0.2) is 11.5 Å². The summed E-state index contributed by atoms with van der Waals surface area (Å²) in [4.78, 5) is 75.6. The van der Waals surface area contributed by atoms with Gasteiger partial charge in [0.1, 0.15) is 0 Å². The highest BCUT2D eigenvalue weighted by Crippen LogP contribution is 2.49. The third-order valence-electron chi connectivity index (χ3n) is 11.5. The van der Waals surface area contributed by atoms with Crippen LogP contribution in [0, 0.1) is 11.8 Å². The Balaban J connectivity index is 1.19. The summed E-state index contributed by atoms with van der Waals surface area (Å²) in [5, 5.41) is 19.9. The molecule has 328 valence electrons. The fourth-order valence-electron chi connectivity index (χ4n) is 8.14. The van der Waals surface area contributed by atoms with Crippen LogP contribution in [0.25, 0.3) is 34.4 Å². The molecule has 4 aliphatic heterocycles. The molecular weight excluding hydrogens is 914 g/mol. The maximum absolute atomic E-state index is 13.5. The molecule has 2 N–H and O–H groups in total. The van der Waals surface area contributed by atoms with E-state index in [1.807, 2.05) is 36.4 Å². The van der Waals surface area contributed by atoms with Gasteiger partial charge in [-0.2, -0.15) is 9.78 Å². The van der Waals surface area contributed by atoms with Crippen molar-refractivity contribution >= 4 is 94.1 Å². The first-order chi connectivity index (χ1) is 30.4. The Bertz CT molecular complexity index is 2390. The zero-order chi connectivity index (χ0) is 44.4. The van der Waals surface area contributed by atoms with Gasteiger partial charge < -0.3 is 29.8 Å². The molecule has 0 aromatic heterocycles. The van der Waals surface area contributed by atoms with E-state index in [4.69, 9.17) is 66.0 Å². The van der Waals surface area contributed by atoms with E-state index in [0.717, 1.165) is 22.3 Å². The lowest BCUT2D eigenvalue weighted by Crippen LogP contribution is -2.41. The molecule has 0 bridgehead atoms. The maximum Gasteiger partial charge on any atom is 0.308 e. The highest BCUT2D eigenvalue weighted by Gasteiger charge is 2.29. The lowest BCUT2D eigenvalue weighted by atomic mass is 9.96. The highest BCUT2D eigenvalue weighted by atomic mass is 35.5. The van der Waals surface area contributed by atoms with Gasteiger partial charge in [-0.15, -0.1) is 0 Å². The average Bonchev–Trinajstić information content (AvgIpc) is 3.30.